The fourth-order valence-corrected chi connectivity index (χ4v) is 9.01. The summed E-state index contributed by atoms with van der Waals surface area (Å²) in [4.78, 5) is 59.4. The van der Waals surface area contributed by atoms with E-state index in [-0.39, 0.29) is 43.9 Å². The van der Waals surface area contributed by atoms with Crippen molar-refractivity contribution in [2.45, 2.75) is 51.7 Å². The lowest BCUT2D eigenvalue weighted by Gasteiger charge is -2.46. The van der Waals surface area contributed by atoms with E-state index in [2.05, 4.69) is 10.4 Å². The van der Waals surface area contributed by atoms with Crippen molar-refractivity contribution in [3.63, 3.8) is 0 Å². The standard InChI is InChI=1S/C47H52F2N8O7.C2H3N/c1-5-63-40-26-32(12-17-39(40)62-4)29-57-44(59)36-8-6-9-37(42(36)45(57)60)54-21-23-55(24-22-54)41-18-20-53(30-47(41,48)49)28-31-10-13-33(14-11-31)64-34-15-16-35-38(27-34)52(3)51-43(35)56(19-7-25-58)46(61)50-2;1-2-3/h6,8-17,25-27,41H,5,7,18-24,28-30H2,1-4H3,(H,50,61);1H3. The van der Waals surface area contributed by atoms with Gasteiger partial charge >= 0.3 is 6.03 Å². The number of hydrogen-bond acceptors (Lipinski definition) is 12. The Morgan fingerprint density at radius 1 is 0.955 bits per heavy atom. The second-order valence-corrected chi connectivity index (χ2v) is 16.4. The van der Waals surface area contributed by atoms with Crippen molar-refractivity contribution in [3.8, 4) is 29.1 Å². The third kappa shape index (κ3) is 10.3. The van der Waals surface area contributed by atoms with E-state index in [0.29, 0.717) is 97.9 Å². The maximum Gasteiger partial charge on any atom is 0.322 e. The van der Waals surface area contributed by atoms with E-state index >= 15 is 8.78 Å². The van der Waals surface area contributed by atoms with Gasteiger partial charge in [0.25, 0.3) is 17.7 Å². The van der Waals surface area contributed by atoms with E-state index in [1.165, 1.54) is 23.8 Å². The third-order valence-corrected chi connectivity index (χ3v) is 12.1. The number of piperazine rings is 1. The number of alkyl halides is 2. The van der Waals surface area contributed by atoms with Crippen LogP contribution < -0.4 is 29.3 Å². The van der Waals surface area contributed by atoms with Gasteiger partial charge in [0, 0.05) is 84.7 Å². The van der Waals surface area contributed by atoms with Crippen LogP contribution in [-0.4, -0.2) is 127 Å². The van der Waals surface area contributed by atoms with E-state index in [1.54, 1.807) is 66.2 Å². The number of nitriles is 1. The largest absolute Gasteiger partial charge is 0.493 e. The molecule has 1 aromatic heterocycles. The van der Waals surface area contributed by atoms with E-state index in [9.17, 15) is 19.2 Å². The normalized spacial score (nSPS) is 17.0. The van der Waals surface area contributed by atoms with Crippen molar-refractivity contribution in [1.29, 1.82) is 5.26 Å². The van der Waals surface area contributed by atoms with Crippen LogP contribution in [0.5, 0.6) is 23.0 Å². The minimum absolute atomic E-state index is 0.0675. The molecule has 1 unspecified atom stereocenters. The predicted octanol–water partition coefficient (Wildman–Crippen LogP) is 6.87. The molecule has 2 saturated heterocycles. The quantitative estimate of drug-likeness (QED) is 0.0858. The highest BCUT2D eigenvalue weighted by molar-refractivity contribution is 6.23. The first-order chi connectivity index (χ1) is 32.3. The van der Waals surface area contributed by atoms with Crippen LogP contribution in [-0.2, 0) is 24.9 Å². The van der Waals surface area contributed by atoms with Gasteiger partial charge in [-0.05, 0) is 73.0 Å². The maximum absolute atomic E-state index is 16.0. The minimum atomic E-state index is -2.94. The monoisotopic (exact) mass is 919 g/mol. The van der Waals surface area contributed by atoms with E-state index in [1.807, 2.05) is 59.2 Å². The third-order valence-electron chi connectivity index (χ3n) is 12.1. The van der Waals surface area contributed by atoms with E-state index in [0.717, 1.165) is 28.3 Å². The molecule has 4 heterocycles. The molecule has 0 bridgehead atoms. The van der Waals surface area contributed by atoms with Crippen LogP contribution >= 0.6 is 0 Å². The van der Waals surface area contributed by atoms with Crippen molar-refractivity contribution in [3.05, 3.63) is 101 Å². The first-order valence-corrected chi connectivity index (χ1v) is 22.2. The van der Waals surface area contributed by atoms with Gasteiger partial charge in [-0.2, -0.15) is 10.4 Å². The molecule has 2 fully saturated rings. The van der Waals surface area contributed by atoms with Crippen LogP contribution in [0, 0.1) is 11.3 Å². The van der Waals surface area contributed by atoms with Gasteiger partial charge < -0.3 is 29.2 Å². The predicted molar refractivity (Wildman–Crippen MR) is 248 cm³/mol. The Morgan fingerprint density at radius 3 is 2.34 bits per heavy atom. The van der Waals surface area contributed by atoms with Crippen molar-refractivity contribution >= 4 is 46.5 Å². The number of aryl methyl sites for hydroxylation is 1. The summed E-state index contributed by atoms with van der Waals surface area (Å²) in [5, 5.41) is 15.2. The first-order valence-electron chi connectivity index (χ1n) is 22.2. The number of amides is 4. The number of fused-ring (bicyclic) bond motifs is 2. The average molecular weight is 920 g/mol. The number of benzene rings is 4. The number of hydrogen-bond donors (Lipinski definition) is 1. The number of rotatable bonds is 15. The summed E-state index contributed by atoms with van der Waals surface area (Å²) >= 11 is 0. The Kier molecular flexibility index (Phi) is 15.0. The van der Waals surface area contributed by atoms with Crippen molar-refractivity contribution < 1.29 is 42.2 Å². The highest BCUT2D eigenvalue weighted by atomic mass is 19.3. The number of carbonyl (C=O) groups excluding carboxylic acids is 4. The summed E-state index contributed by atoms with van der Waals surface area (Å²) in [6, 6.07) is 23.9. The van der Waals surface area contributed by atoms with Gasteiger partial charge in [0.05, 0.1) is 61.2 Å². The van der Waals surface area contributed by atoms with Crippen LogP contribution in [0.3, 0.4) is 0 Å². The molecule has 18 heteroatoms. The number of ether oxygens (including phenoxy) is 3. The van der Waals surface area contributed by atoms with Gasteiger partial charge in [-0.25, -0.2) is 13.6 Å². The number of urea groups is 1. The molecule has 1 N–H and O–H groups in total. The smallest absolute Gasteiger partial charge is 0.322 e. The van der Waals surface area contributed by atoms with Crippen LogP contribution in [0.1, 0.15) is 58.5 Å². The molecule has 8 rings (SSSR count). The summed E-state index contributed by atoms with van der Waals surface area (Å²) < 4.78 is 50.8. The summed E-state index contributed by atoms with van der Waals surface area (Å²) in [6.07, 6.45) is 1.23. The molecule has 0 aliphatic carbocycles. The number of carbonyl (C=O) groups is 4. The molecule has 16 nitrogen and oxygen atoms in total. The highest BCUT2D eigenvalue weighted by Crippen LogP contribution is 2.38. The number of imide groups is 1. The van der Waals surface area contributed by atoms with Gasteiger partial charge in [0.1, 0.15) is 17.8 Å². The van der Waals surface area contributed by atoms with Crippen LogP contribution in [0.4, 0.5) is 25.1 Å². The van der Waals surface area contributed by atoms with Gasteiger partial charge in [0.2, 0.25) is 0 Å². The average Bonchev–Trinajstić information content (AvgIpc) is 3.77. The Balaban J connectivity index is 0.00000216. The molecule has 3 aliphatic heterocycles. The van der Waals surface area contributed by atoms with E-state index in [4.69, 9.17) is 19.5 Å². The molecule has 0 radical (unpaired) electrons. The SMILES string of the molecule is CC#N.CCOc1cc(CN2C(=O)c3cccc(N4CCN(C5CCN(Cc6ccc(Oc7ccc8c(N(CCC=O)C(=O)NC)nn(C)c8c7)cc6)CC5(F)F)CC4)c3C2=O)ccc1OC. The summed E-state index contributed by atoms with van der Waals surface area (Å²) in [7, 11) is 4.84. The zero-order valence-electron chi connectivity index (χ0n) is 38.3. The van der Waals surface area contributed by atoms with Gasteiger partial charge in [-0.3, -0.25) is 33.9 Å². The molecule has 0 spiro atoms. The first kappa shape index (κ1) is 47.9. The van der Waals surface area contributed by atoms with Crippen molar-refractivity contribution in [2.24, 2.45) is 7.05 Å². The molecular weight excluding hydrogens is 865 g/mol. The number of methoxy groups -OCH3 is 1. The molecule has 0 saturated carbocycles. The number of nitrogens with zero attached hydrogens (tertiary/aromatic N) is 8. The minimum Gasteiger partial charge on any atom is -0.493 e. The topological polar surface area (TPSA) is 166 Å². The summed E-state index contributed by atoms with van der Waals surface area (Å²) in [5.41, 5.74) is 3.66. The second kappa shape index (κ2) is 21.0. The lowest BCUT2D eigenvalue weighted by molar-refractivity contribution is -0.129. The van der Waals surface area contributed by atoms with E-state index < -0.39 is 12.0 Å². The molecule has 4 amide bonds. The molecule has 67 heavy (non-hydrogen) atoms. The summed E-state index contributed by atoms with van der Waals surface area (Å²) in [6.45, 7) is 6.16. The number of aromatic nitrogens is 2. The lowest BCUT2D eigenvalue weighted by Crippen LogP contribution is -2.61. The Morgan fingerprint density at radius 2 is 1.67 bits per heavy atom. The number of likely N-dealkylation sites (tertiary alicyclic amines) is 1. The fourth-order valence-electron chi connectivity index (χ4n) is 9.01. The van der Waals surface area contributed by atoms with Crippen molar-refractivity contribution in [2.75, 3.05) is 76.4 Å². The molecule has 352 valence electrons. The number of halogens is 2. The molecular formula is C49H55F2N9O7. The number of piperidine rings is 1. The van der Waals surface area contributed by atoms with Crippen LogP contribution in [0.15, 0.2) is 78.9 Å². The zero-order valence-corrected chi connectivity index (χ0v) is 38.3. The zero-order chi connectivity index (χ0) is 47.8. The molecule has 5 aromatic rings. The lowest BCUT2D eigenvalue weighted by atomic mass is 9.97. The van der Waals surface area contributed by atoms with Crippen molar-refractivity contribution in [1.82, 2.24) is 29.8 Å². The molecule has 3 aliphatic rings. The molecule has 1 atom stereocenters. The van der Waals surface area contributed by atoms with Crippen LogP contribution in [0.2, 0.25) is 0 Å². The van der Waals surface area contributed by atoms with Gasteiger partial charge in [0.15, 0.2) is 17.3 Å². The number of nitrogens with one attached hydrogen (secondary N) is 1. The van der Waals surface area contributed by atoms with Crippen LogP contribution in [0.25, 0.3) is 10.9 Å². The Bertz CT molecular complexity index is 2640. The maximum atomic E-state index is 16.0. The number of aldehydes is 1. The highest BCUT2D eigenvalue weighted by Gasteiger charge is 2.48. The van der Waals surface area contributed by atoms with Gasteiger partial charge in [-0.15, -0.1) is 0 Å². The van der Waals surface area contributed by atoms with Gasteiger partial charge in [-0.1, -0.05) is 24.3 Å². The Labute approximate surface area is 388 Å². The second-order valence-electron chi connectivity index (χ2n) is 16.4. The fraction of sp³-hybridized carbons (Fsp3) is 0.388. The summed E-state index contributed by atoms with van der Waals surface area (Å²) in [5.74, 6) is -1.05. The molecule has 4 aromatic carbocycles. The Hall–Kier alpha value is -7.10. The number of anilines is 2.